The first kappa shape index (κ1) is 65.5. The Labute approximate surface area is 474 Å². The number of allylic oxidation sites excluding steroid dienone is 6. The molecule has 5 aliphatic rings. The molecule has 81 heavy (non-hydrogen) atoms. The van der Waals surface area contributed by atoms with Gasteiger partial charge in [-0.25, -0.2) is 4.79 Å². The molecule has 450 valence electrons. The molecule has 5 rings (SSSR count). The molecule has 0 saturated carbocycles. The van der Waals surface area contributed by atoms with Crippen LogP contribution in [0, 0.1) is 45.3 Å². The fourth-order valence-corrected chi connectivity index (χ4v) is 13.3. The molecule has 0 aromatic rings. The van der Waals surface area contributed by atoms with Crippen molar-refractivity contribution < 1.29 is 81.7 Å². The predicted octanol–water partition coefficient (Wildman–Crippen LogP) is 3.97. The lowest BCUT2D eigenvalue weighted by Gasteiger charge is -2.48. The number of rotatable bonds is 26. The van der Waals surface area contributed by atoms with Crippen LogP contribution in [0.4, 0.5) is 0 Å². The number of ether oxygens (including phenoxy) is 7. The van der Waals surface area contributed by atoms with E-state index in [9.17, 15) is 48.6 Å². The second-order valence-electron chi connectivity index (χ2n) is 23.1. The van der Waals surface area contributed by atoms with Gasteiger partial charge < -0.3 is 59.3 Å². The van der Waals surface area contributed by atoms with Gasteiger partial charge in [-0.05, 0) is 63.7 Å². The normalized spacial score (nSPS) is 29.3. The van der Waals surface area contributed by atoms with Gasteiger partial charge in [-0.3, -0.25) is 48.5 Å². The van der Waals surface area contributed by atoms with Gasteiger partial charge >= 0.3 is 35.8 Å². The van der Waals surface area contributed by atoms with Crippen molar-refractivity contribution in [2.24, 2.45) is 60.3 Å². The van der Waals surface area contributed by atoms with Crippen molar-refractivity contribution in [2.75, 3.05) is 75.6 Å². The van der Waals surface area contributed by atoms with Crippen LogP contribution in [0.25, 0.3) is 0 Å². The van der Waals surface area contributed by atoms with Crippen LogP contribution in [0.5, 0.6) is 0 Å². The Morgan fingerprint density at radius 2 is 1.27 bits per heavy atom. The maximum absolute atomic E-state index is 14.7. The van der Waals surface area contributed by atoms with Crippen molar-refractivity contribution >= 4 is 64.8 Å². The molecule has 10 atom stereocenters. The molecule has 2 amide bonds. The Hall–Kier alpha value is -6.33. The van der Waals surface area contributed by atoms with Crippen molar-refractivity contribution in [1.29, 1.82) is 0 Å². The van der Waals surface area contributed by atoms with Crippen LogP contribution in [-0.2, 0) is 71.5 Å². The lowest BCUT2D eigenvalue weighted by Crippen LogP contribution is -2.55. The minimum absolute atomic E-state index is 0.00945. The Balaban J connectivity index is 2.01. The van der Waals surface area contributed by atoms with Crippen molar-refractivity contribution in [3.8, 4) is 0 Å². The van der Waals surface area contributed by atoms with E-state index in [-0.39, 0.29) is 103 Å². The summed E-state index contributed by atoms with van der Waals surface area (Å²) in [7, 11) is 7.57. The van der Waals surface area contributed by atoms with Crippen LogP contribution in [0.3, 0.4) is 0 Å². The average molecular weight is 1140 g/mol. The predicted molar refractivity (Wildman–Crippen MR) is 296 cm³/mol. The van der Waals surface area contributed by atoms with E-state index in [4.69, 9.17) is 48.1 Å². The third-order valence-electron chi connectivity index (χ3n) is 18.2. The minimum Gasteiger partial charge on any atom is -0.469 e. The van der Waals surface area contributed by atoms with Crippen LogP contribution in [0.1, 0.15) is 126 Å². The highest BCUT2D eigenvalue weighted by atomic mass is 16.5. The number of nitrogens with one attached hydrogen (secondary N) is 3. The molecule has 0 spiro atoms. The molecule has 5 aliphatic heterocycles. The molecule has 1 saturated heterocycles. The Morgan fingerprint density at radius 3 is 1.85 bits per heavy atom. The van der Waals surface area contributed by atoms with Crippen molar-refractivity contribution in [3.05, 3.63) is 34.3 Å². The van der Waals surface area contributed by atoms with Gasteiger partial charge in [-0.1, -0.05) is 34.6 Å². The largest absolute Gasteiger partial charge is 0.469 e. The molecule has 5 heterocycles. The van der Waals surface area contributed by atoms with Crippen molar-refractivity contribution in [1.82, 2.24) is 16.0 Å². The highest BCUT2D eigenvalue weighted by Crippen LogP contribution is 2.62. The second-order valence-corrected chi connectivity index (χ2v) is 23.1. The maximum atomic E-state index is 14.7. The number of aliphatic hydroxyl groups is 2. The molecule has 0 aliphatic carbocycles. The maximum Gasteiger partial charge on any atom is 0.330 e. The van der Waals surface area contributed by atoms with Gasteiger partial charge in [-0.2, -0.15) is 0 Å². The highest BCUT2D eigenvalue weighted by molar-refractivity contribution is 6.10. The zero-order valence-electron chi connectivity index (χ0n) is 49.7. The molecule has 23 heteroatoms. The van der Waals surface area contributed by atoms with Gasteiger partial charge in [0.2, 0.25) is 11.8 Å². The summed E-state index contributed by atoms with van der Waals surface area (Å²) in [6, 6.07) is -2.39. The van der Waals surface area contributed by atoms with Gasteiger partial charge in [0.15, 0.2) is 6.04 Å². The molecule has 0 radical (unpaired) electrons. The summed E-state index contributed by atoms with van der Waals surface area (Å²) in [6.07, 6.45) is 1.46. The topological polar surface area (TPSA) is 315 Å². The number of carbonyl (C=O) groups excluding carboxylic acids is 8. The van der Waals surface area contributed by atoms with Crippen LogP contribution in [0.2, 0.25) is 0 Å². The van der Waals surface area contributed by atoms with E-state index in [1.54, 1.807) is 0 Å². The number of amides is 2. The van der Waals surface area contributed by atoms with Crippen LogP contribution in [0.15, 0.2) is 49.3 Å². The lowest BCUT2D eigenvalue weighted by molar-refractivity contribution is -0.147. The second kappa shape index (κ2) is 27.2. The van der Waals surface area contributed by atoms with Crippen LogP contribution in [-0.4, -0.2) is 168 Å². The van der Waals surface area contributed by atoms with Crippen LogP contribution >= 0.6 is 0 Å². The molecular weight excluding hydrogens is 1050 g/mol. The molecule has 8 bridgehead atoms. The van der Waals surface area contributed by atoms with Crippen molar-refractivity contribution in [2.45, 2.75) is 144 Å². The summed E-state index contributed by atoms with van der Waals surface area (Å²) >= 11 is 0. The molecule has 0 aromatic carbocycles. The summed E-state index contributed by atoms with van der Waals surface area (Å²) < 4.78 is 36.7. The van der Waals surface area contributed by atoms with Gasteiger partial charge in [0.25, 0.3) is 0 Å². The summed E-state index contributed by atoms with van der Waals surface area (Å²) in [5.74, 6) is -7.26. The molecular formula is C58H86N6O17. The van der Waals surface area contributed by atoms with E-state index in [1.165, 1.54) is 35.5 Å². The van der Waals surface area contributed by atoms with Crippen molar-refractivity contribution in [3.63, 3.8) is 0 Å². The quantitative estimate of drug-likeness (QED) is 0.0465. The summed E-state index contributed by atoms with van der Waals surface area (Å²) in [6.45, 7) is 14.7. The zero-order chi connectivity index (χ0) is 60.4. The Kier molecular flexibility index (Phi) is 22.0. The average Bonchev–Trinajstić information content (AvgIpc) is 3.89. The number of carbonyl (C=O) groups is 8. The number of hydrogen-bond acceptors (Lipinski definition) is 21. The smallest absolute Gasteiger partial charge is 0.330 e. The first-order valence-corrected chi connectivity index (χ1v) is 27.6. The third-order valence-corrected chi connectivity index (χ3v) is 18.2. The number of hydrogen-bond donors (Lipinski definition) is 5. The first-order chi connectivity index (χ1) is 38.2. The third kappa shape index (κ3) is 13.5. The zero-order valence-corrected chi connectivity index (χ0v) is 49.7. The van der Waals surface area contributed by atoms with Crippen LogP contribution < -0.4 is 16.0 Å². The minimum atomic E-state index is -1.47. The standard InChI is InChI=1S/C58H86N6O17/c1-32-48-35(16-19-43(69)75-9)54(3,4)40(62-48)28-38-34(15-18-41(67)59-23-25-81-26-24-65)56(6,29-42(68)60-39(31-66)53(74)80-14)51(61-38)33(2)49-36(17-20-44(70)76-10)57(7,30-47(73)79-13)58(8,64-49)52-37(27-46(72)78-12)55(5,50(32)63-52)22-21-45(71)77-11/h28,34-37,39,52,61,65-66H,15-27,29-31H2,1-14H3,(H,59,67)(H,60,68)/b38-28?,48-32?,51-33-/t34-,35-,36-,37+,39+,52?,55-,56+,57+,58+/m1/s1. The van der Waals surface area contributed by atoms with Gasteiger partial charge in [0.1, 0.15) is 0 Å². The Bertz CT molecular complexity index is 2640. The molecule has 5 N–H and O–H groups in total. The molecule has 23 nitrogen and oxygen atoms in total. The number of methoxy groups -OCH3 is 6. The van der Waals surface area contributed by atoms with E-state index in [0.29, 0.717) is 45.4 Å². The number of aliphatic hydroxyl groups excluding tert-OH is 2. The molecule has 1 unspecified atom stereocenters. The van der Waals surface area contributed by atoms with Gasteiger partial charge in [0.05, 0.1) is 93.5 Å². The first-order valence-electron chi connectivity index (χ1n) is 27.6. The fraction of sp³-hybridized carbons (Fsp3) is 0.707. The highest BCUT2D eigenvalue weighted by Gasteiger charge is 2.67. The summed E-state index contributed by atoms with van der Waals surface area (Å²) in [5, 5.41) is 28.8. The number of nitrogens with zero attached hydrogens (tertiary/aromatic N) is 3. The monoisotopic (exact) mass is 1140 g/mol. The van der Waals surface area contributed by atoms with E-state index in [2.05, 4.69) is 16.0 Å². The van der Waals surface area contributed by atoms with E-state index in [1.807, 2.05) is 61.5 Å². The molecule has 0 aromatic heterocycles. The summed E-state index contributed by atoms with van der Waals surface area (Å²) in [5.41, 5.74) is -1.79. The van der Waals surface area contributed by atoms with Gasteiger partial charge in [-0.15, -0.1) is 0 Å². The number of fused-ring (bicyclic) bond motifs is 6. The Morgan fingerprint density at radius 1 is 0.679 bits per heavy atom. The number of aliphatic imine (C=N–C) groups is 3. The van der Waals surface area contributed by atoms with E-state index >= 15 is 0 Å². The number of esters is 6. The van der Waals surface area contributed by atoms with Gasteiger partial charge in [0, 0.05) is 118 Å². The fourth-order valence-electron chi connectivity index (χ4n) is 13.3. The van der Waals surface area contributed by atoms with E-state index < -0.39 is 111 Å². The van der Waals surface area contributed by atoms with E-state index in [0.717, 1.165) is 7.11 Å². The SMILES string of the molecule is COC(=O)CC[C@@H]1C2=C(C)C3=NC([C@H](CC(=O)OC)[C@@]3(C)CCC(=O)OC)[C@]3(C)N=C(/C(C)=C4\NC(=CC(=N2)C1(C)C)[C@@H](CCC(=O)NCCOCCO)[C@]4(C)CC(=O)N[C@@H](CO)C(=O)OC)[C@@H](CCC(=O)OC)[C@]3(C)CC(=O)OC. The summed E-state index contributed by atoms with van der Waals surface area (Å²) in [4.78, 5) is 126. The lowest BCUT2D eigenvalue weighted by atomic mass is 9.55. The molecule has 1 fully saturated rings.